The Hall–Kier alpha value is -1.30. The zero-order valence-corrected chi connectivity index (χ0v) is 15.3. The van der Waals surface area contributed by atoms with Crippen LogP contribution in [0.3, 0.4) is 0 Å². The van der Waals surface area contributed by atoms with Crippen LogP contribution >= 0.6 is 35.0 Å². The Kier molecular flexibility index (Phi) is 4.54. The fourth-order valence-electron chi connectivity index (χ4n) is 2.46. The van der Waals surface area contributed by atoms with E-state index in [9.17, 15) is 4.79 Å². The number of benzene rings is 1. The molecule has 1 saturated heterocycles. The van der Waals surface area contributed by atoms with Gasteiger partial charge in [0, 0.05) is 27.0 Å². The molecule has 3 rings (SSSR count). The van der Waals surface area contributed by atoms with Gasteiger partial charge < -0.3 is 0 Å². The van der Waals surface area contributed by atoms with Gasteiger partial charge in [0.05, 0.1) is 5.75 Å². The largest absolute Gasteiger partial charge is 0.273 e. The number of halogens is 2. The number of hydrogen-bond acceptors (Lipinski definition) is 4. The fourth-order valence-corrected chi connectivity index (χ4v) is 4.42. The van der Waals surface area contributed by atoms with Crippen LogP contribution in [0.25, 0.3) is 0 Å². The van der Waals surface area contributed by atoms with Crippen molar-refractivity contribution in [2.24, 2.45) is 0 Å². The van der Waals surface area contributed by atoms with Gasteiger partial charge in [-0.25, -0.2) is 9.97 Å². The minimum Gasteiger partial charge on any atom is -0.273 e. The molecule has 7 heteroatoms. The molecule has 2 aromatic rings. The van der Waals surface area contributed by atoms with E-state index in [1.54, 1.807) is 23.1 Å². The lowest BCUT2D eigenvalue weighted by Crippen LogP contribution is -2.30. The molecule has 0 saturated carbocycles. The van der Waals surface area contributed by atoms with E-state index in [1.807, 2.05) is 20.8 Å². The number of carbonyl (C=O) groups excluding carboxylic acids is 1. The molecule has 0 N–H and O–H groups in total. The van der Waals surface area contributed by atoms with E-state index in [-0.39, 0.29) is 11.3 Å². The maximum absolute atomic E-state index is 12.4. The number of aryl methyl sites for hydroxylation is 2. The smallest absolute Gasteiger partial charge is 0.240 e. The van der Waals surface area contributed by atoms with Gasteiger partial charge in [-0.2, -0.15) is 0 Å². The Bertz CT molecular complexity index is 754. The lowest BCUT2D eigenvalue weighted by atomic mass is 10.2. The van der Waals surface area contributed by atoms with Crippen LogP contribution in [-0.2, 0) is 4.79 Å². The predicted octanol–water partition coefficient (Wildman–Crippen LogP) is 4.49. The summed E-state index contributed by atoms with van der Waals surface area (Å²) in [7, 11) is 0. The first-order valence-electron chi connectivity index (χ1n) is 7.09. The lowest BCUT2D eigenvalue weighted by molar-refractivity contribution is -0.115. The average molecular weight is 368 g/mol. The molecule has 1 unspecified atom stereocenters. The van der Waals surface area contributed by atoms with E-state index in [1.165, 1.54) is 11.8 Å². The van der Waals surface area contributed by atoms with Crippen molar-refractivity contribution in [3.05, 3.63) is 50.8 Å². The molecule has 4 nitrogen and oxygen atoms in total. The first-order valence-corrected chi connectivity index (χ1v) is 8.90. The number of amides is 1. The molecular formula is C16H15Cl2N3OS. The van der Waals surface area contributed by atoms with E-state index in [2.05, 4.69) is 9.97 Å². The number of hydrogen-bond donors (Lipinski definition) is 0. The summed E-state index contributed by atoms with van der Waals surface area (Å²) >= 11 is 14.1. The van der Waals surface area contributed by atoms with Gasteiger partial charge in [-0.3, -0.25) is 9.69 Å². The summed E-state index contributed by atoms with van der Waals surface area (Å²) in [5, 5.41) is 0.760. The Balaban J connectivity index is 2.11. The fraction of sp³-hybridized carbons (Fsp3) is 0.312. The lowest BCUT2D eigenvalue weighted by Gasteiger charge is -2.24. The summed E-state index contributed by atoms with van der Waals surface area (Å²) < 4.78 is 0. The van der Waals surface area contributed by atoms with Crippen molar-refractivity contribution in [2.45, 2.75) is 26.1 Å². The third-order valence-electron chi connectivity index (χ3n) is 3.95. The topological polar surface area (TPSA) is 46.1 Å². The molecule has 1 aliphatic rings. The van der Waals surface area contributed by atoms with E-state index < -0.39 is 0 Å². The second-order valence-corrected chi connectivity index (χ2v) is 7.26. The van der Waals surface area contributed by atoms with Crippen LogP contribution in [0.15, 0.2) is 18.2 Å². The van der Waals surface area contributed by atoms with Crippen molar-refractivity contribution in [3.8, 4) is 0 Å². The van der Waals surface area contributed by atoms with Crippen LogP contribution in [-0.4, -0.2) is 21.6 Å². The predicted molar refractivity (Wildman–Crippen MR) is 95.4 cm³/mol. The molecule has 0 spiro atoms. The zero-order valence-electron chi connectivity index (χ0n) is 12.9. The van der Waals surface area contributed by atoms with Crippen LogP contribution in [0.4, 0.5) is 5.95 Å². The summed E-state index contributed by atoms with van der Waals surface area (Å²) in [5.74, 6) is 0.710. The van der Waals surface area contributed by atoms with Crippen LogP contribution in [0.2, 0.25) is 10.0 Å². The Morgan fingerprint density at radius 1 is 1.13 bits per heavy atom. The van der Waals surface area contributed by atoms with E-state index in [0.717, 1.165) is 22.5 Å². The number of carbonyl (C=O) groups is 1. The standard InChI is InChI=1S/C16H15Cl2N3OS/c1-8-9(2)19-16(20-10(8)3)21-13(22)7-23-15(21)14-11(17)5-4-6-12(14)18/h4-6,15H,7H2,1-3H3. The third kappa shape index (κ3) is 2.93. The van der Waals surface area contributed by atoms with E-state index >= 15 is 0 Å². The molecule has 0 radical (unpaired) electrons. The number of anilines is 1. The summed E-state index contributed by atoms with van der Waals surface area (Å²) in [4.78, 5) is 23.0. The summed E-state index contributed by atoms with van der Waals surface area (Å²) in [6, 6.07) is 5.34. The van der Waals surface area contributed by atoms with E-state index in [0.29, 0.717) is 21.7 Å². The molecule has 1 atom stereocenters. The number of aromatic nitrogens is 2. The summed E-state index contributed by atoms with van der Waals surface area (Å²) in [6.45, 7) is 5.80. The minimum atomic E-state index is -0.315. The van der Waals surface area contributed by atoms with Crippen LogP contribution in [0.1, 0.15) is 27.9 Å². The molecular weight excluding hydrogens is 353 g/mol. The molecule has 1 amide bonds. The highest BCUT2D eigenvalue weighted by Crippen LogP contribution is 2.45. The maximum Gasteiger partial charge on any atom is 0.240 e. The van der Waals surface area contributed by atoms with Crippen LogP contribution in [0, 0.1) is 20.8 Å². The molecule has 120 valence electrons. The van der Waals surface area contributed by atoms with Crippen molar-refractivity contribution in [2.75, 3.05) is 10.7 Å². The number of thioether (sulfide) groups is 1. The average Bonchev–Trinajstić information content (AvgIpc) is 2.86. The van der Waals surface area contributed by atoms with Crippen molar-refractivity contribution in [1.29, 1.82) is 0 Å². The monoisotopic (exact) mass is 367 g/mol. The summed E-state index contributed by atoms with van der Waals surface area (Å²) in [6.07, 6.45) is 0. The van der Waals surface area contributed by atoms with Crippen LogP contribution in [0.5, 0.6) is 0 Å². The van der Waals surface area contributed by atoms with Crippen molar-refractivity contribution in [1.82, 2.24) is 9.97 Å². The Morgan fingerprint density at radius 3 is 2.26 bits per heavy atom. The second kappa shape index (κ2) is 6.30. The summed E-state index contributed by atoms with van der Waals surface area (Å²) in [5.41, 5.74) is 3.48. The molecule has 1 fully saturated rings. The SMILES string of the molecule is Cc1nc(N2C(=O)CSC2c2c(Cl)cccc2Cl)nc(C)c1C. The van der Waals surface area contributed by atoms with Gasteiger partial charge in [-0.15, -0.1) is 11.8 Å². The van der Waals surface area contributed by atoms with Gasteiger partial charge in [-0.05, 0) is 38.5 Å². The highest BCUT2D eigenvalue weighted by Gasteiger charge is 2.38. The van der Waals surface area contributed by atoms with Gasteiger partial charge >= 0.3 is 0 Å². The molecule has 1 aromatic heterocycles. The van der Waals surface area contributed by atoms with Crippen molar-refractivity contribution < 1.29 is 4.79 Å². The maximum atomic E-state index is 12.4. The molecule has 1 aromatic carbocycles. The first-order chi connectivity index (χ1) is 10.9. The molecule has 1 aliphatic heterocycles. The van der Waals surface area contributed by atoms with Crippen molar-refractivity contribution in [3.63, 3.8) is 0 Å². The zero-order chi connectivity index (χ0) is 16.7. The molecule has 2 heterocycles. The highest BCUT2D eigenvalue weighted by atomic mass is 35.5. The molecule has 0 aliphatic carbocycles. The van der Waals surface area contributed by atoms with Gasteiger partial charge in [-0.1, -0.05) is 29.3 Å². The highest BCUT2D eigenvalue weighted by molar-refractivity contribution is 8.00. The Morgan fingerprint density at radius 2 is 1.70 bits per heavy atom. The minimum absolute atomic E-state index is 0.0429. The van der Waals surface area contributed by atoms with Crippen molar-refractivity contribution >= 4 is 46.8 Å². The Labute approximate surface area is 149 Å². The normalized spacial score (nSPS) is 17.9. The van der Waals surface area contributed by atoms with Gasteiger partial charge in [0.1, 0.15) is 5.37 Å². The third-order valence-corrected chi connectivity index (χ3v) is 5.79. The first kappa shape index (κ1) is 16.6. The second-order valence-electron chi connectivity index (χ2n) is 5.38. The van der Waals surface area contributed by atoms with Gasteiger partial charge in [0.25, 0.3) is 0 Å². The quantitative estimate of drug-likeness (QED) is 0.784. The van der Waals surface area contributed by atoms with Crippen LogP contribution < -0.4 is 4.90 Å². The molecule has 0 bridgehead atoms. The van der Waals surface area contributed by atoms with Gasteiger partial charge in [0.15, 0.2) is 0 Å². The number of rotatable bonds is 2. The number of nitrogens with zero attached hydrogens (tertiary/aromatic N) is 3. The van der Waals surface area contributed by atoms with Gasteiger partial charge in [0.2, 0.25) is 11.9 Å². The molecule has 23 heavy (non-hydrogen) atoms. The van der Waals surface area contributed by atoms with E-state index in [4.69, 9.17) is 23.2 Å².